The van der Waals surface area contributed by atoms with Gasteiger partial charge in [-0.25, -0.2) is 0 Å². The van der Waals surface area contributed by atoms with E-state index in [1.54, 1.807) is 7.11 Å². The van der Waals surface area contributed by atoms with Crippen molar-refractivity contribution in [3.63, 3.8) is 0 Å². The predicted molar refractivity (Wildman–Crippen MR) is 68.6 cm³/mol. The normalized spacial score (nSPS) is 17.1. The number of halogens is 1. The maximum absolute atomic E-state index is 5.15. The molecule has 1 aromatic heterocycles. The van der Waals surface area contributed by atoms with Crippen molar-refractivity contribution in [3.8, 4) is 0 Å². The molecular formula is C12H17BrN2O. The van der Waals surface area contributed by atoms with Gasteiger partial charge in [-0.1, -0.05) is 0 Å². The van der Waals surface area contributed by atoms with Gasteiger partial charge < -0.3 is 10.1 Å². The molecule has 1 aliphatic rings. The minimum absolute atomic E-state index is 0.471. The first kappa shape index (κ1) is 11.9. The summed E-state index contributed by atoms with van der Waals surface area (Å²) in [5.41, 5.74) is 1.59. The average Bonchev–Trinajstić information content (AvgIpc) is 3.06. The second-order valence-corrected chi connectivity index (χ2v) is 5.31. The molecule has 16 heavy (non-hydrogen) atoms. The second-order valence-electron chi connectivity index (χ2n) is 4.45. The fourth-order valence-corrected chi connectivity index (χ4v) is 2.20. The van der Waals surface area contributed by atoms with E-state index in [4.69, 9.17) is 4.74 Å². The molecule has 2 rings (SSSR count). The number of nitrogens with zero attached hydrogens (tertiary/aromatic N) is 1. The Balaban J connectivity index is 1.85. The molecule has 1 N–H and O–H groups in total. The molecule has 0 spiro atoms. The van der Waals surface area contributed by atoms with Crippen molar-refractivity contribution in [2.75, 3.05) is 25.6 Å². The predicted octanol–water partition coefficient (Wildman–Crippen LogP) is 3.07. The molecule has 0 atom stereocenters. The van der Waals surface area contributed by atoms with Gasteiger partial charge in [0, 0.05) is 32.7 Å². The molecule has 0 bridgehead atoms. The molecule has 1 aliphatic carbocycles. The van der Waals surface area contributed by atoms with Crippen molar-refractivity contribution in [1.29, 1.82) is 0 Å². The number of hydrogen-bond acceptors (Lipinski definition) is 3. The van der Waals surface area contributed by atoms with Crippen LogP contribution in [0, 0.1) is 5.41 Å². The van der Waals surface area contributed by atoms with Gasteiger partial charge in [0.25, 0.3) is 0 Å². The summed E-state index contributed by atoms with van der Waals surface area (Å²) < 4.78 is 6.17. The van der Waals surface area contributed by atoms with Crippen molar-refractivity contribution in [1.82, 2.24) is 4.98 Å². The number of hydrogen-bond donors (Lipinski definition) is 1. The van der Waals surface area contributed by atoms with Gasteiger partial charge in [-0.2, -0.15) is 0 Å². The topological polar surface area (TPSA) is 34.1 Å². The first-order chi connectivity index (χ1) is 7.76. The largest absolute Gasteiger partial charge is 0.385 e. The summed E-state index contributed by atoms with van der Waals surface area (Å²) in [7, 11) is 1.77. The standard InChI is InChI=1S/C12H17BrN2O/c1-16-7-5-12(3-4-12)9-15-11-2-6-14-8-10(11)13/h2,6,8H,3-5,7,9H2,1H3,(H,14,15). The fourth-order valence-electron chi connectivity index (χ4n) is 1.81. The van der Waals surface area contributed by atoms with Gasteiger partial charge in [0.05, 0.1) is 10.2 Å². The molecule has 0 saturated heterocycles. The summed E-state index contributed by atoms with van der Waals surface area (Å²) in [5, 5.41) is 3.48. The SMILES string of the molecule is COCCC1(CNc2ccncc2Br)CC1. The Morgan fingerprint density at radius 3 is 3.00 bits per heavy atom. The molecule has 1 saturated carbocycles. The van der Waals surface area contributed by atoms with Gasteiger partial charge in [-0.05, 0) is 46.7 Å². The smallest absolute Gasteiger partial charge is 0.0590 e. The number of nitrogens with one attached hydrogen (secondary N) is 1. The van der Waals surface area contributed by atoms with Crippen molar-refractivity contribution < 1.29 is 4.74 Å². The number of aromatic nitrogens is 1. The Morgan fingerprint density at radius 2 is 2.38 bits per heavy atom. The van der Waals surface area contributed by atoms with E-state index in [9.17, 15) is 0 Å². The van der Waals surface area contributed by atoms with Crippen molar-refractivity contribution >= 4 is 21.6 Å². The molecule has 0 aromatic carbocycles. The zero-order chi connectivity index (χ0) is 11.4. The van der Waals surface area contributed by atoms with Gasteiger partial charge in [-0.3, -0.25) is 4.98 Å². The first-order valence-electron chi connectivity index (χ1n) is 5.58. The Kier molecular flexibility index (Phi) is 3.82. The fraction of sp³-hybridized carbons (Fsp3) is 0.583. The van der Waals surface area contributed by atoms with E-state index >= 15 is 0 Å². The van der Waals surface area contributed by atoms with Crippen LogP contribution in [0.2, 0.25) is 0 Å². The first-order valence-corrected chi connectivity index (χ1v) is 6.37. The molecule has 1 heterocycles. The summed E-state index contributed by atoms with van der Waals surface area (Å²) in [5.74, 6) is 0. The minimum atomic E-state index is 0.471. The van der Waals surface area contributed by atoms with Crippen LogP contribution in [0.1, 0.15) is 19.3 Å². The van der Waals surface area contributed by atoms with Gasteiger partial charge in [0.2, 0.25) is 0 Å². The lowest BCUT2D eigenvalue weighted by atomic mass is 10.0. The maximum atomic E-state index is 5.15. The van der Waals surface area contributed by atoms with Crippen LogP contribution in [-0.2, 0) is 4.74 Å². The van der Waals surface area contributed by atoms with E-state index in [0.717, 1.165) is 29.7 Å². The Bertz CT molecular complexity index is 353. The van der Waals surface area contributed by atoms with Crippen LogP contribution >= 0.6 is 15.9 Å². The number of ether oxygens (including phenoxy) is 1. The van der Waals surface area contributed by atoms with Crippen molar-refractivity contribution in [3.05, 3.63) is 22.9 Å². The highest BCUT2D eigenvalue weighted by molar-refractivity contribution is 9.10. The molecule has 0 unspecified atom stereocenters. The highest BCUT2D eigenvalue weighted by Gasteiger charge is 2.41. The van der Waals surface area contributed by atoms with Crippen LogP contribution in [0.15, 0.2) is 22.9 Å². The minimum Gasteiger partial charge on any atom is -0.385 e. The van der Waals surface area contributed by atoms with Crippen LogP contribution in [0.3, 0.4) is 0 Å². The molecule has 0 aliphatic heterocycles. The molecule has 3 nitrogen and oxygen atoms in total. The van der Waals surface area contributed by atoms with Gasteiger partial charge in [0.15, 0.2) is 0 Å². The summed E-state index contributed by atoms with van der Waals surface area (Å²) in [4.78, 5) is 4.05. The molecule has 4 heteroatoms. The summed E-state index contributed by atoms with van der Waals surface area (Å²) in [6, 6.07) is 2.00. The van der Waals surface area contributed by atoms with Crippen LogP contribution < -0.4 is 5.32 Å². The zero-order valence-corrected chi connectivity index (χ0v) is 11.1. The molecular weight excluding hydrogens is 268 g/mol. The average molecular weight is 285 g/mol. The van der Waals surface area contributed by atoms with E-state index < -0.39 is 0 Å². The highest BCUT2D eigenvalue weighted by Crippen LogP contribution is 2.48. The van der Waals surface area contributed by atoms with Crippen LogP contribution in [0.5, 0.6) is 0 Å². The maximum Gasteiger partial charge on any atom is 0.0590 e. The van der Waals surface area contributed by atoms with Gasteiger partial charge in [-0.15, -0.1) is 0 Å². The number of methoxy groups -OCH3 is 1. The molecule has 0 amide bonds. The van der Waals surface area contributed by atoms with Crippen LogP contribution in [-0.4, -0.2) is 25.2 Å². The summed E-state index contributed by atoms with van der Waals surface area (Å²) >= 11 is 3.49. The lowest BCUT2D eigenvalue weighted by Crippen LogP contribution is -2.17. The lowest BCUT2D eigenvalue weighted by Gasteiger charge is -2.16. The molecule has 1 aromatic rings. The van der Waals surface area contributed by atoms with E-state index in [-0.39, 0.29) is 0 Å². The molecule has 88 valence electrons. The Morgan fingerprint density at radius 1 is 1.56 bits per heavy atom. The Hall–Kier alpha value is -0.610. The molecule has 0 radical (unpaired) electrons. The zero-order valence-electron chi connectivity index (χ0n) is 9.50. The quantitative estimate of drug-likeness (QED) is 0.872. The second kappa shape index (κ2) is 5.15. The molecule has 1 fully saturated rings. The third-order valence-electron chi connectivity index (χ3n) is 3.22. The lowest BCUT2D eigenvalue weighted by molar-refractivity contribution is 0.175. The monoisotopic (exact) mass is 284 g/mol. The van der Waals surface area contributed by atoms with E-state index in [1.807, 2.05) is 18.5 Å². The van der Waals surface area contributed by atoms with Gasteiger partial charge in [0.1, 0.15) is 0 Å². The summed E-state index contributed by atoms with van der Waals surface area (Å²) in [6.07, 6.45) is 7.40. The highest BCUT2D eigenvalue weighted by atomic mass is 79.9. The third-order valence-corrected chi connectivity index (χ3v) is 3.85. The summed E-state index contributed by atoms with van der Waals surface area (Å²) in [6.45, 7) is 1.89. The number of anilines is 1. The van der Waals surface area contributed by atoms with E-state index in [0.29, 0.717) is 5.41 Å². The van der Waals surface area contributed by atoms with Crippen molar-refractivity contribution in [2.45, 2.75) is 19.3 Å². The van der Waals surface area contributed by atoms with E-state index in [1.165, 1.54) is 12.8 Å². The van der Waals surface area contributed by atoms with Crippen molar-refractivity contribution in [2.24, 2.45) is 5.41 Å². The van der Waals surface area contributed by atoms with E-state index in [2.05, 4.69) is 26.2 Å². The van der Waals surface area contributed by atoms with Crippen LogP contribution in [0.4, 0.5) is 5.69 Å². The van der Waals surface area contributed by atoms with Crippen LogP contribution in [0.25, 0.3) is 0 Å². The third kappa shape index (κ3) is 2.95. The number of pyridine rings is 1. The number of rotatable bonds is 6. The van der Waals surface area contributed by atoms with Gasteiger partial charge >= 0.3 is 0 Å². The Labute approximate surface area is 105 Å².